The molecular weight excluding hydrogens is 378 g/mol. The Morgan fingerprint density at radius 3 is 2.41 bits per heavy atom. The van der Waals surface area contributed by atoms with Crippen molar-refractivity contribution in [3.63, 3.8) is 0 Å². The minimum Gasteiger partial charge on any atom is -0.481 e. The Kier molecular flexibility index (Phi) is 7.30. The zero-order chi connectivity index (χ0) is 20.6. The fourth-order valence-corrected chi connectivity index (χ4v) is 3.38. The summed E-state index contributed by atoms with van der Waals surface area (Å²) in [6, 6.07) is 12.1. The number of hydrogen-bond donors (Lipinski definition) is 1. The summed E-state index contributed by atoms with van der Waals surface area (Å²) >= 11 is 0. The van der Waals surface area contributed by atoms with Gasteiger partial charge in [-0.2, -0.15) is 0 Å². The third-order valence-corrected chi connectivity index (χ3v) is 4.99. The third kappa shape index (κ3) is 6.35. The van der Waals surface area contributed by atoms with E-state index in [0.717, 1.165) is 24.1 Å². The van der Waals surface area contributed by atoms with Crippen LogP contribution in [0.5, 0.6) is 0 Å². The molecule has 154 valence electrons. The molecular formula is C22H24F2N2O3. The molecule has 0 aromatic heterocycles. The zero-order valence-corrected chi connectivity index (χ0v) is 16.1. The number of carboxylic acids is 1. The first-order chi connectivity index (χ1) is 14.0. The number of nitrogens with zero attached hydrogens (tertiary/aromatic N) is 2. The Bertz CT molecular complexity index is 838. The molecule has 1 unspecified atom stereocenters. The van der Waals surface area contributed by atoms with Gasteiger partial charge in [-0.3, -0.25) is 9.69 Å². The van der Waals surface area contributed by atoms with Gasteiger partial charge in [0, 0.05) is 19.5 Å². The SMILES string of the molecule is O=C(O)C1CCCN(CCO/N=C(\Cc2ccc(F)cc2)c2ccc(F)cc2)C1. The van der Waals surface area contributed by atoms with E-state index >= 15 is 0 Å². The molecule has 1 fully saturated rings. The Hall–Kier alpha value is -2.80. The first kappa shape index (κ1) is 20.9. The molecule has 1 aliphatic heterocycles. The summed E-state index contributed by atoms with van der Waals surface area (Å²) in [5.41, 5.74) is 2.19. The molecule has 0 bridgehead atoms. The molecule has 1 saturated heterocycles. The van der Waals surface area contributed by atoms with E-state index < -0.39 is 5.97 Å². The number of oxime groups is 1. The average Bonchev–Trinajstić information content (AvgIpc) is 2.72. The minimum atomic E-state index is -0.758. The largest absolute Gasteiger partial charge is 0.481 e. The van der Waals surface area contributed by atoms with Gasteiger partial charge < -0.3 is 9.94 Å². The number of likely N-dealkylation sites (tertiary alicyclic amines) is 1. The summed E-state index contributed by atoms with van der Waals surface area (Å²) in [7, 11) is 0. The second kappa shape index (κ2) is 10.1. The van der Waals surface area contributed by atoms with Crippen molar-refractivity contribution < 1.29 is 23.5 Å². The predicted molar refractivity (Wildman–Crippen MR) is 106 cm³/mol. The molecule has 2 aromatic rings. The lowest BCUT2D eigenvalue weighted by atomic mass is 9.98. The van der Waals surface area contributed by atoms with Gasteiger partial charge in [-0.25, -0.2) is 8.78 Å². The predicted octanol–water partition coefficient (Wildman–Crippen LogP) is 3.72. The van der Waals surface area contributed by atoms with Crippen LogP contribution in [0.25, 0.3) is 0 Å². The highest BCUT2D eigenvalue weighted by Gasteiger charge is 2.24. The molecule has 0 spiro atoms. The summed E-state index contributed by atoms with van der Waals surface area (Å²) in [4.78, 5) is 18.7. The molecule has 3 rings (SSSR count). The molecule has 2 aromatic carbocycles. The van der Waals surface area contributed by atoms with Crippen molar-refractivity contribution in [1.82, 2.24) is 4.90 Å². The number of piperidine rings is 1. The molecule has 1 aliphatic rings. The van der Waals surface area contributed by atoms with Gasteiger partial charge in [0.05, 0.1) is 11.6 Å². The normalized spacial score (nSPS) is 17.9. The smallest absolute Gasteiger partial charge is 0.307 e. The van der Waals surface area contributed by atoms with Gasteiger partial charge in [0.1, 0.15) is 18.2 Å². The van der Waals surface area contributed by atoms with Crippen LogP contribution in [0, 0.1) is 17.6 Å². The van der Waals surface area contributed by atoms with Crippen molar-refractivity contribution >= 4 is 11.7 Å². The van der Waals surface area contributed by atoms with E-state index in [1.165, 1.54) is 24.3 Å². The summed E-state index contributed by atoms with van der Waals surface area (Å²) in [5, 5.41) is 13.4. The Labute approximate surface area is 168 Å². The van der Waals surface area contributed by atoms with Gasteiger partial charge in [0.2, 0.25) is 0 Å². The first-order valence-corrected chi connectivity index (χ1v) is 9.65. The average molecular weight is 402 g/mol. The number of aliphatic carboxylic acids is 1. The molecule has 5 nitrogen and oxygen atoms in total. The summed E-state index contributed by atoms with van der Waals surface area (Å²) in [5.74, 6) is -1.74. The van der Waals surface area contributed by atoms with E-state index in [0.29, 0.717) is 38.2 Å². The monoisotopic (exact) mass is 402 g/mol. The van der Waals surface area contributed by atoms with E-state index in [2.05, 4.69) is 10.1 Å². The third-order valence-electron chi connectivity index (χ3n) is 4.99. The molecule has 7 heteroatoms. The van der Waals surface area contributed by atoms with Crippen molar-refractivity contribution in [2.45, 2.75) is 19.3 Å². The van der Waals surface area contributed by atoms with Crippen molar-refractivity contribution in [3.05, 3.63) is 71.3 Å². The molecule has 1 N–H and O–H groups in total. The number of hydrogen-bond acceptors (Lipinski definition) is 4. The van der Waals surface area contributed by atoms with Gasteiger partial charge in [0.25, 0.3) is 0 Å². The number of benzene rings is 2. The van der Waals surface area contributed by atoms with Crippen molar-refractivity contribution in [1.29, 1.82) is 0 Å². The Morgan fingerprint density at radius 1 is 1.10 bits per heavy atom. The van der Waals surface area contributed by atoms with Crippen LogP contribution in [0.3, 0.4) is 0 Å². The summed E-state index contributed by atoms with van der Waals surface area (Å²) in [6.07, 6.45) is 1.97. The van der Waals surface area contributed by atoms with Crippen molar-refractivity contribution in [2.75, 3.05) is 26.2 Å². The maximum atomic E-state index is 13.3. The molecule has 0 aliphatic carbocycles. The Balaban J connectivity index is 1.62. The molecule has 0 amide bonds. The van der Waals surface area contributed by atoms with Crippen LogP contribution in [-0.4, -0.2) is 47.9 Å². The number of halogens is 2. The van der Waals surface area contributed by atoms with Gasteiger partial charge in [0.15, 0.2) is 0 Å². The van der Waals surface area contributed by atoms with Crippen LogP contribution < -0.4 is 0 Å². The van der Waals surface area contributed by atoms with E-state index in [-0.39, 0.29) is 17.6 Å². The van der Waals surface area contributed by atoms with Crippen LogP contribution in [0.15, 0.2) is 53.7 Å². The second-order valence-electron chi connectivity index (χ2n) is 7.16. The highest BCUT2D eigenvalue weighted by Crippen LogP contribution is 2.16. The maximum Gasteiger partial charge on any atom is 0.307 e. The highest BCUT2D eigenvalue weighted by molar-refractivity contribution is 6.01. The summed E-state index contributed by atoms with van der Waals surface area (Å²) < 4.78 is 26.4. The van der Waals surface area contributed by atoms with E-state index in [1.54, 1.807) is 24.3 Å². The number of carboxylic acid groups (broad SMARTS) is 1. The number of rotatable bonds is 8. The maximum absolute atomic E-state index is 13.3. The quantitative estimate of drug-likeness (QED) is 0.415. The highest BCUT2D eigenvalue weighted by atomic mass is 19.1. The van der Waals surface area contributed by atoms with E-state index in [4.69, 9.17) is 4.84 Å². The number of carbonyl (C=O) groups is 1. The van der Waals surface area contributed by atoms with Gasteiger partial charge in [-0.05, 0) is 54.8 Å². The Morgan fingerprint density at radius 2 is 1.76 bits per heavy atom. The van der Waals surface area contributed by atoms with Crippen LogP contribution in [0.2, 0.25) is 0 Å². The molecule has 0 radical (unpaired) electrons. The zero-order valence-electron chi connectivity index (χ0n) is 16.1. The van der Waals surface area contributed by atoms with E-state index in [9.17, 15) is 18.7 Å². The lowest BCUT2D eigenvalue weighted by molar-refractivity contribution is -0.143. The topological polar surface area (TPSA) is 62.1 Å². The standard InChI is InChI=1S/C22H24F2N2O3/c23-19-7-3-16(4-8-19)14-21(17-5-9-20(24)10-6-17)25-29-13-12-26-11-1-2-18(15-26)22(27)28/h3-10,18H,1-2,11-15H2,(H,27,28)/b25-21+. The van der Waals surface area contributed by atoms with Gasteiger partial charge >= 0.3 is 5.97 Å². The molecule has 0 saturated carbocycles. The molecule has 1 atom stereocenters. The fraction of sp³-hybridized carbons (Fsp3) is 0.364. The van der Waals surface area contributed by atoms with E-state index in [1.807, 2.05) is 0 Å². The summed E-state index contributed by atoms with van der Waals surface area (Å²) in [6.45, 7) is 2.26. The molecule has 1 heterocycles. The van der Waals surface area contributed by atoms with Crippen LogP contribution in [-0.2, 0) is 16.1 Å². The first-order valence-electron chi connectivity index (χ1n) is 9.65. The molecule has 29 heavy (non-hydrogen) atoms. The fourth-order valence-electron chi connectivity index (χ4n) is 3.38. The van der Waals surface area contributed by atoms with Crippen LogP contribution in [0.4, 0.5) is 8.78 Å². The van der Waals surface area contributed by atoms with Crippen molar-refractivity contribution in [3.8, 4) is 0 Å². The minimum absolute atomic E-state index is 0.313. The van der Waals surface area contributed by atoms with Crippen LogP contribution >= 0.6 is 0 Å². The van der Waals surface area contributed by atoms with Gasteiger partial charge in [-0.15, -0.1) is 0 Å². The van der Waals surface area contributed by atoms with Crippen molar-refractivity contribution in [2.24, 2.45) is 11.1 Å². The van der Waals surface area contributed by atoms with Gasteiger partial charge in [-0.1, -0.05) is 29.4 Å². The van der Waals surface area contributed by atoms with Crippen LogP contribution in [0.1, 0.15) is 24.0 Å². The lowest BCUT2D eigenvalue weighted by Gasteiger charge is -2.29. The lowest BCUT2D eigenvalue weighted by Crippen LogP contribution is -2.40. The second-order valence-corrected chi connectivity index (χ2v) is 7.16.